The van der Waals surface area contributed by atoms with E-state index in [0.717, 1.165) is 41.7 Å². The highest BCUT2D eigenvalue weighted by molar-refractivity contribution is 6.33. The van der Waals surface area contributed by atoms with Crippen LogP contribution < -0.4 is 15.4 Å². The van der Waals surface area contributed by atoms with E-state index in [2.05, 4.69) is 27.5 Å². The van der Waals surface area contributed by atoms with E-state index in [0.29, 0.717) is 55.1 Å². The number of hydrogen-bond acceptors (Lipinski definition) is 7. The van der Waals surface area contributed by atoms with Crippen molar-refractivity contribution in [2.45, 2.75) is 45.3 Å². The summed E-state index contributed by atoms with van der Waals surface area (Å²) in [7, 11) is 0. The Balaban J connectivity index is 1.21. The van der Waals surface area contributed by atoms with Crippen molar-refractivity contribution >= 4 is 29.4 Å². The first kappa shape index (κ1) is 26.9. The van der Waals surface area contributed by atoms with Crippen molar-refractivity contribution in [3.8, 4) is 17.0 Å². The summed E-state index contributed by atoms with van der Waals surface area (Å²) < 4.78 is 11.1. The fraction of sp³-hybridized carbons (Fsp3) is 0.379. The normalized spacial score (nSPS) is 15.2. The SMILES string of the molecule is CCCOc1cccc(CNC(=O)CN2Cc3ccc(-c4nc(NC5CCOCC5)ncc4Cl)cc3C2=O)c1. The van der Waals surface area contributed by atoms with E-state index in [1.54, 1.807) is 17.2 Å². The minimum Gasteiger partial charge on any atom is -0.494 e. The zero-order valence-corrected chi connectivity index (χ0v) is 22.7. The molecule has 0 radical (unpaired) electrons. The molecule has 2 aliphatic heterocycles. The average Bonchev–Trinajstić information content (AvgIpc) is 3.26. The van der Waals surface area contributed by atoms with Crippen LogP contribution in [0.25, 0.3) is 11.3 Å². The van der Waals surface area contributed by atoms with Gasteiger partial charge in [-0.25, -0.2) is 9.97 Å². The van der Waals surface area contributed by atoms with Gasteiger partial charge in [-0.2, -0.15) is 0 Å². The molecule has 0 spiro atoms. The number of carbonyl (C=O) groups excluding carboxylic acids is 2. The van der Waals surface area contributed by atoms with Crippen LogP contribution in [-0.4, -0.2) is 59.1 Å². The predicted molar refractivity (Wildman–Crippen MR) is 149 cm³/mol. The van der Waals surface area contributed by atoms with Crippen molar-refractivity contribution in [3.63, 3.8) is 0 Å². The minimum atomic E-state index is -0.223. The van der Waals surface area contributed by atoms with Crippen LogP contribution in [0.15, 0.2) is 48.7 Å². The van der Waals surface area contributed by atoms with Crippen LogP contribution in [0.5, 0.6) is 5.75 Å². The molecule has 2 aromatic carbocycles. The number of ether oxygens (including phenoxy) is 2. The van der Waals surface area contributed by atoms with Crippen molar-refractivity contribution in [2.24, 2.45) is 0 Å². The average molecular weight is 550 g/mol. The number of fused-ring (bicyclic) bond motifs is 1. The summed E-state index contributed by atoms with van der Waals surface area (Å²) in [5.41, 5.74) is 3.63. The molecule has 1 aromatic heterocycles. The molecule has 10 heteroatoms. The number of benzene rings is 2. The van der Waals surface area contributed by atoms with Crippen LogP contribution in [0.4, 0.5) is 5.95 Å². The third kappa shape index (κ3) is 6.66. The topological polar surface area (TPSA) is 106 Å². The lowest BCUT2D eigenvalue weighted by molar-refractivity contribution is -0.122. The molecule has 5 rings (SSSR count). The summed E-state index contributed by atoms with van der Waals surface area (Å²) >= 11 is 6.45. The van der Waals surface area contributed by atoms with Gasteiger partial charge in [-0.05, 0) is 48.6 Å². The van der Waals surface area contributed by atoms with Gasteiger partial charge in [0.25, 0.3) is 5.91 Å². The lowest BCUT2D eigenvalue weighted by Crippen LogP contribution is -2.37. The molecule has 2 aliphatic rings. The lowest BCUT2D eigenvalue weighted by atomic mass is 10.0. The molecule has 1 fully saturated rings. The Labute approximate surface area is 232 Å². The van der Waals surface area contributed by atoms with Gasteiger partial charge in [-0.3, -0.25) is 9.59 Å². The quantitative estimate of drug-likeness (QED) is 0.385. The minimum absolute atomic E-state index is 0.0255. The van der Waals surface area contributed by atoms with Gasteiger partial charge >= 0.3 is 0 Å². The smallest absolute Gasteiger partial charge is 0.254 e. The predicted octanol–water partition coefficient (Wildman–Crippen LogP) is 4.45. The molecule has 0 aliphatic carbocycles. The van der Waals surface area contributed by atoms with Gasteiger partial charge in [0, 0.05) is 43.5 Å². The molecule has 2 N–H and O–H groups in total. The first-order valence-corrected chi connectivity index (χ1v) is 13.7. The molecule has 0 saturated carbocycles. The maximum absolute atomic E-state index is 13.2. The van der Waals surface area contributed by atoms with Crippen molar-refractivity contribution < 1.29 is 19.1 Å². The van der Waals surface area contributed by atoms with Gasteiger partial charge in [-0.15, -0.1) is 0 Å². The summed E-state index contributed by atoms with van der Waals surface area (Å²) in [6.45, 7) is 4.82. The van der Waals surface area contributed by atoms with Gasteiger partial charge in [0.15, 0.2) is 0 Å². The standard InChI is InChI=1S/C29H32ClN5O4/c1-2-10-39-23-5-3-4-19(13-23)15-31-26(36)18-35-17-21-7-6-20(14-24(21)28(35)37)27-25(30)16-32-29(34-27)33-22-8-11-38-12-9-22/h3-7,13-14,16,22H,2,8-12,15,17-18H2,1H3,(H,31,36)(H,32,33,34). The van der Waals surface area contributed by atoms with E-state index in [9.17, 15) is 9.59 Å². The van der Waals surface area contributed by atoms with Crippen molar-refractivity contribution in [1.29, 1.82) is 0 Å². The zero-order chi connectivity index (χ0) is 27.2. The summed E-state index contributed by atoms with van der Waals surface area (Å²) in [4.78, 5) is 36.4. The van der Waals surface area contributed by atoms with Crippen LogP contribution >= 0.6 is 11.6 Å². The first-order chi connectivity index (χ1) is 19.0. The maximum Gasteiger partial charge on any atom is 0.254 e. The number of nitrogens with one attached hydrogen (secondary N) is 2. The van der Waals surface area contributed by atoms with E-state index < -0.39 is 0 Å². The Hall–Kier alpha value is -3.69. The maximum atomic E-state index is 13.2. The monoisotopic (exact) mass is 549 g/mol. The number of hydrogen-bond donors (Lipinski definition) is 2. The summed E-state index contributed by atoms with van der Waals surface area (Å²) in [6, 6.07) is 13.5. The Morgan fingerprint density at radius 1 is 1.21 bits per heavy atom. The number of amides is 2. The van der Waals surface area contributed by atoms with E-state index >= 15 is 0 Å². The third-order valence-electron chi connectivity index (χ3n) is 6.76. The van der Waals surface area contributed by atoms with Gasteiger partial charge in [0.1, 0.15) is 12.3 Å². The molecular formula is C29H32ClN5O4. The Kier molecular flexibility index (Phi) is 8.58. The highest BCUT2D eigenvalue weighted by atomic mass is 35.5. The summed E-state index contributed by atoms with van der Waals surface area (Å²) in [5.74, 6) is 0.857. The molecule has 3 aromatic rings. The number of halogens is 1. The Morgan fingerprint density at radius 2 is 2.05 bits per heavy atom. The molecule has 2 amide bonds. The molecule has 204 valence electrons. The van der Waals surface area contributed by atoms with Gasteiger partial charge in [-0.1, -0.05) is 42.8 Å². The largest absolute Gasteiger partial charge is 0.494 e. The molecule has 0 unspecified atom stereocenters. The second kappa shape index (κ2) is 12.4. The highest BCUT2D eigenvalue weighted by Crippen LogP contribution is 2.31. The first-order valence-electron chi connectivity index (χ1n) is 13.3. The van der Waals surface area contributed by atoms with E-state index in [-0.39, 0.29) is 24.4 Å². The fourth-order valence-electron chi connectivity index (χ4n) is 4.69. The number of rotatable bonds is 10. The lowest BCUT2D eigenvalue weighted by Gasteiger charge is -2.23. The molecular weight excluding hydrogens is 518 g/mol. The number of nitrogens with zero attached hydrogens (tertiary/aromatic N) is 3. The van der Waals surface area contributed by atoms with Gasteiger partial charge in [0.05, 0.1) is 23.5 Å². The van der Waals surface area contributed by atoms with Gasteiger partial charge in [0.2, 0.25) is 11.9 Å². The molecule has 39 heavy (non-hydrogen) atoms. The summed E-state index contributed by atoms with van der Waals surface area (Å²) in [5, 5.41) is 6.66. The van der Waals surface area contributed by atoms with E-state index in [1.807, 2.05) is 36.4 Å². The van der Waals surface area contributed by atoms with Crippen molar-refractivity contribution in [1.82, 2.24) is 20.2 Å². The second-order valence-corrected chi connectivity index (χ2v) is 10.1. The van der Waals surface area contributed by atoms with Crippen LogP contribution in [0.1, 0.15) is 47.7 Å². The Morgan fingerprint density at radius 3 is 2.87 bits per heavy atom. The van der Waals surface area contributed by atoms with Crippen molar-refractivity contribution in [2.75, 3.05) is 31.7 Å². The zero-order valence-electron chi connectivity index (χ0n) is 21.9. The number of carbonyl (C=O) groups is 2. The van der Waals surface area contributed by atoms with Gasteiger partial charge < -0.3 is 25.0 Å². The third-order valence-corrected chi connectivity index (χ3v) is 7.03. The van der Waals surface area contributed by atoms with E-state index in [4.69, 9.17) is 21.1 Å². The second-order valence-electron chi connectivity index (χ2n) is 9.73. The fourth-order valence-corrected chi connectivity index (χ4v) is 4.90. The van der Waals surface area contributed by atoms with Crippen LogP contribution in [0, 0.1) is 0 Å². The highest BCUT2D eigenvalue weighted by Gasteiger charge is 2.29. The van der Waals surface area contributed by atoms with Crippen LogP contribution in [-0.2, 0) is 22.6 Å². The van der Waals surface area contributed by atoms with E-state index in [1.165, 1.54) is 0 Å². The molecule has 0 atom stereocenters. The van der Waals surface area contributed by atoms with Crippen LogP contribution in [0.2, 0.25) is 5.02 Å². The van der Waals surface area contributed by atoms with Crippen molar-refractivity contribution in [3.05, 3.63) is 70.4 Å². The molecule has 3 heterocycles. The van der Waals surface area contributed by atoms with Crippen LogP contribution in [0.3, 0.4) is 0 Å². The molecule has 1 saturated heterocycles. The Bertz CT molecular complexity index is 1350. The summed E-state index contributed by atoms with van der Waals surface area (Å²) in [6.07, 6.45) is 4.27. The number of aromatic nitrogens is 2. The molecule has 9 nitrogen and oxygen atoms in total. The molecule has 0 bridgehead atoms. The number of anilines is 1.